The molecule has 0 spiro atoms. The lowest BCUT2D eigenvalue weighted by atomic mass is 10.1. The minimum absolute atomic E-state index is 0.00765. The Kier molecular flexibility index (Phi) is 10.9. The monoisotopic (exact) mass is 623 g/mol. The van der Waals surface area contributed by atoms with E-state index in [0.717, 1.165) is 9.87 Å². The number of nitrogens with one attached hydrogen (secondary N) is 1. The van der Waals surface area contributed by atoms with Crippen LogP contribution >= 0.6 is 34.8 Å². The van der Waals surface area contributed by atoms with E-state index in [2.05, 4.69) is 5.32 Å². The molecule has 0 heterocycles. The van der Waals surface area contributed by atoms with Crippen LogP contribution in [0.5, 0.6) is 0 Å². The molecule has 0 aromatic heterocycles. The van der Waals surface area contributed by atoms with Gasteiger partial charge in [0.05, 0.1) is 20.6 Å². The first-order valence-electron chi connectivity index (χ1n) is 12.7. The zero-order valence-electron chi connectivity index (χ0n) is 22.7. The summed E-state index contributed by atoms with van der Waals surface area (Å²) < 4.78 is 28.8. The van der Waals surface area contributed by atoms with Crippen molar-refractivity contribution in [3.05, 3.63) is 92.9 Å². The van der Waals surface area contributed by atoms with Crippen molar-refractivity contribution in [1.82, 2.24) is 10.2 Å². The van der Waals surface area contributed by atoms with Gasteiger partial charge in [-0.25, -0.2) is 8.42 Å². The largest absolute Gasteiger partial charge is 0.352 e. The summed E-state index contributed by atoms with van der Waals surface area (Å²) in [5.74, 6) is -0.922. The molecule has 0 aliphatic carbocycles. The molecule has 3 rings (SSSR count). The highest BCUT2D eigenvalue weighted by molar-refractivity contribution is 7.92. The molecule has 7 nitrogen and oxygen atoms in total. The van der Waals surface area contributed by atoms with Gasteiger partial charge in [-0.1, -0.05) is 71.6 Å². The maximum Gasteiger partial charge on any atom is 0.264 e. The second-order valence-electron chi connectivity index (χ2n) is 9.66. The van der Waals surface area contributed by atoms with Gasteiger partial charge >= 0.3 is 0 Å². The lowest BCUT2D eigenvalue weighted by Gasteiger charge is -2.33. The molecule has 0 aliphatic heterocycles. The lowest BCUT2D eigenvalue weighted by Crippen LogP contribution is -2.53. The third-order valence-corrected chi connectivity index (χ3v) is 8.90. The summed E-state index contributed by atoms with van der Waals surface area (Å²) in [7, 11) is -4.19. The second-order valence-corrected chi connectivity index (χ2v) is 12.8. The maximum atomic E-state index is 14.0. The Labute approximate surface area is 251 Å². The number of halogens is 3. The third kappa shape index (κ3) is 7.91. The third-order valence-electron chi connectivity index (χ3n) is 6.14. The molecule has 1 atom stereocenters. The van der Waals surface area contributed by atoms with E-state index in [0.29, 0.717) is 27.1 Å². The molecule has 40 heavy (non-hydrogen) atoms. The topological polar surface area (TPSA) is 86.8 Å². The van der Waals surface area contributed by atoms with Crippen molar-refractivity contribution in [2.24, 2.45) is 0 Å². The van der Waals surface area contributed by atoms with Crippen LogP contribution in [0.3, 0.4) is 0 Å². The van der Waals surface area contributed by atoms with E-state index in [1.54, 1.807) is 55.5 Å². The zero-order chi connectivity index (χ0) is 29.6. The lowest BCUT2D eigenvalue weighted by molar-refractivity contribution is -0.140. The first kappa shape index (κ1) is 31.7. The van der Waals surface area contributed by atoms with Crippen LogP contribution < -0.4 is 9.62 Å². The Balaban J connectivity index is 2.08. The molecule has 2 amide bonds. The highest BCUT2D eigenvalue weighted by Crippen LogP contribution is 2.28. The van der Waals surface area contributed by atoms with Crippen LogP contribution in [0.1, 0.15) is 38.3 Å². The number of hydrogen-bond acceptors (Lipinski definition) is 4. The van der Waals surface area contributed by atoms with Crippen molar-refractivity contribution >= 4 is 62.3 Å². The van der Waals surface area contributed by atoms with E-state index < -0.39 is 28.5 Å². The smallest absolute Gasteiger partial charge is 0.264 e. The first-order valence-corrected chi connectivity index (χ1v) is 15.3. The second kappa shape index (κ2) is 13.7. The van der Waals surface area contributed by atoms with Crippen LogP contribution in [0, 0.1) is 6.92 Å². The van der Waals surface area contributed by atoms with E-state index in [9.17, 15) is 18.0 Å². The number of carbonyl (C=O) groups is 2. The fourth-order valence-electron chi connectivity index (χ4n) is 4.13. The molecule has 0 radical (unpaired) electrons. The molecular weight excluding hydrogens is 593 g/mol. The molecule has 1 N–H and O–H groups in total. The van der Waals surface area contributed by atoms with Crippen molar-refractivity contribution in [3.63, 3.8) is 0 Å². The summed E-state index contributed by atoms with van der Waals surface area (Å²) in [6.45, 7) is 6.73. The Morgan fingerprint density at radius 1 is 0.925 bits per heavy atom. The van der Waals surface area contributed by atoms with Gasteiger partial charge in [0.25, 0.3) is 10.0 Å². The van der Waals surface area contributed by atoms with Gasteiger partial charge in [-0.2, -0.15) is 0 Å². The number of aryl methyl sites for hydroxylation is 1. The van der Waals surface area contributed by atoms with E-state index >= 15 is 0 Å². The summed E-state index contributed by atoms with van der Waals surface area (Å²) in [6, 6.07) is 16.5. The molecule has 0 bridgehead atoms. The summed E-state index contributed by atoms with van der Waals surface area (Å²) >= 11 is 18.5. The summed E-state index contributed by atoms with van der Waals surface area (Å²) in [6.07, 6.45) is 0.299. The molecular formula is C29H32Cl3N3O4S. The number of carbonyl (C=O) groups excluding carboxylic acids is 2. The van der Waals surface area contributed by atoms with Crippen LogP contribution in [0.25, 0.3) is 0 Å². The maximum absolute atomic E-state index is 14.0. The van der Waals surface area contributed by atoms with Crippen LogP contribution in [0.4, 0.5) is 5.69 Å². The molecule has 1 unspecified atom stereocenters. The number of nitrogens with zero attached hydrogens (tertiary/aromatic N) is 2. The summed E-state index contributed by atoms with van der Waals surface area (Å²) in [5.41, 5.74) is 1.74. The van der Waals surface area contributed by atoms with Crippen molar-refractivity contribution in [2.75, 3.05) is 10.8 Å². The predicted octanol–water partition coefficient (Wildman–Crippen LogP) is 6.48. The number of sulfonamides is 1. The van der Waals surface area contributed by atoms with Crippen LogP contribution in [-0.4, -0.2) is 43.8 Å². The van der Waals surface area contributed by atoms with Gasteiger partial charge in [-0.3, -0.25) is 13.9 Å². The minimum Gasteiger partial charge on any atom is -0.352 e. The normalized spacial score (nSPS) is 12.2. The Hall–Kier alpha value is -2.78. The highest BCUT2D eigenvalue weighted by atomic mass is 35.5. The average Bonchev–Trinajstić information content (AvgIpc) is 2.88. The van der Waals surface area contributed by atoms with E-state index in [-0.39, 0.29) is 29.1 Å². The Morgan fingerprint density at radius 3 is 2.17 bits per heavy atom. The standard InChI is InChI=1S/C29H32Cl3N3O4S/c1-5-27(29(37)33-19(2)3)34(17-21-11-14-25(31)26(32)15-21)28(36)18-35(23-8-6-7-22(30)16-23)40(38,39)24-12-9-20(4)10-13-24/h6-16,19,27H,5,17-18H2,1-4H3,(H,33,37). The molecule has 0 saturated heterocycles. The molecule has 3 aromatic rings. The van der Waals surface area contributed by atoms with Gasteiger partial charge in [0.1, 0.15) is 12.6 Å². The minimum atomic E-state index is -4.19. The van der Waals surface area contributed by atoms with Gasteiger partial charge in [0.15, 0.2) is 0 Å². The predicted molar refractivity (Wildman–Crippen MR) is 162 cm³/mol. The number of hydrogen-bond donors (Lipinski definition) is 1. The number of anilines is 1. The van der Waals surface area contributed by atoms with E-state index in [1.165, 1.54) is 23.1 Å². The van der Waals surface area contributed by atoms with Crippen LogP contribution in [0.15, 0.2) is 71.6 Å². The molecule has 0 aliphatic rings. The van der Waals surface area contributed by atoms with Crippen molar-refractivity contribution in [1.29, 1.82) is 0 Å². The number of amides is 2. The van der Waals surface area contributed by atoms with Gasteiger partial charge in [0.2, 0.25) is 11.8 Å². The number of benzene rings is 3. The van der Waals surface area contributed by atoms with Crippen LogP contribution in [-0.2, 0) is 26.2 Å². The fraction of sp³-hybridized carbons (Fsp3) is 0.310. The quantitative estimate of drug-likeness (QED) is 0.265. The molecule has 3 aromatic carbocycles. The molecule has 0 saturated carbocycles. The Morgan fingerprint density at radius 2 is 1.60 bits per heavy atom. The van der Waals surface area contributed by atoms with Crippen LogP contribution in [0.2, 0.25) is 15.1 Å². The molecule has 214 valence electrons. The summed E-state index contributed by atoms with van der Waals surface area (Å²) in [5, 5.41) is 3.82. The van der Waals surface area contributed by atoms with Gasteiger partial charge in [0, 0.05) is 17.6 Å². The molecule has 11 heteroatoms. The van der Waals surface area contributed by atoms with Gasteiger partial charge in [-0.15, -0.1) is 0 Å². The highest BCUT2D eigenvalue weighted by Gasteiger charge is 2.34. The Bertz CT molecular complexity index is 1460. The van der Waals surface area contributed by atoms with Gasteiger partial charge < -0.3 is 10.2 Å². The number of rotatable bonds is 11. The van der Waals surface area contributed by atoms with Gasteiger partial charge in [-0.05, 0) is 75.2 Å². The average molecular weight is 625 g/mol. The van der Waals surface area contributed by atoms with E-state index in [1.807, 2.05) is 20.8 Å². The van der Waals surface area contributed by atoms with Crippen molar-refractivity contribution in [3.8, 4) is 0 Å². The van der Waals surface area contributed by atoms with Crippen molar-refractivity contribution < 1.29 is 18.0 Å². The molecule has 0 fully saturated rings. The zero-order valence-corrected chi connectivity index (χ0v) is 25.8. The van der Waals surface area contributed by atoms with E-state index in [4.69, 9.17) is 34.8 Å². The van der Waals surface area contributed by atoms with Crippen molar-refractivity contribution in [2.45, 2.75) is 57.6 Å². The summed E-state index contributed by atoms with van der Waals surface area (Å²) in [4.78, 5) is 28.6. The fourth-order valence-corrected chi connectivity index (χ4v) is 6.04. The first-order chi connectivity index (χ1) is 18.8. The SMILES string of the molecule is CCC(C(=O)NC(C)C)N(Cc1ccc(Cl)c(Cl)c1)C(=O)CN(c1cccc(Cl)c1)S(=O)(=O)c1ccc(C)cc1.